The molecule has 27 heavy (non-hydrogen) atoms. The van der Waals surface area contributed by atoms with E-state index in [1.54, 1.807) is 6.07 Å². The van der Waals surface area contributed by atoms with Gasteiger partial charge in [-0.25, -0.2) is 4.98 Å². The predicted octanol–water partition coefficient (Wildman–Crippen LogP) is 3.51. The van der Waals surface area contributed by atoms with Crippen molar-refractivity contribution in [1.82, 2.24) is 14.9 Å². The smallest absolute Gasteiger partial charge is 0.251 e. The molecule has 1 aromatic heterocycles. The fraction of sp³-hybridized carbons (Fsp3) is 0.545. The summed E-state index contributed by atoms with van der Waals surface area (Å²) in [5, 5.41) is 10.4. The highest BCUT2D eigenvalue weighted by Crippen LogP contribution is 2.25. The average molecular weight is 370 g/mol. The SMILES string of the molecule is CCCc1cc(=O)[nH]c(-c2ccc(CN(CC)[C@@H]3CCCC[C@H]3O)cc2)n1. The van der Waals surface area contributed by atoms with Gasteiger partial charge in [0.15, 0.2) is 0 Å². The second-order valence-electron chi connectivity index (χ2n) is 7.51. The zero-order valence-corrected chi connectivity index (χ0v) is 16.4. The number of aliphatic hydroxyl groups excluding tert-OH is 1. The molecule has 0 amide bonds. The quantitative estimate of drug-likeness (QED) is 0.783. The minimum Gasteiger partial charge on any atom is -0.391 e. The zero-order chi connectivity index (χ0) is 19.2. The summed E-state index contributed by atoms with van der Waals surface area (Å²) in [6.07, 6.45) is 5.87. The van der Waals surface area contributed by atoms with Crippen molar-refractivity contribution < 1.29 is 5.11 Å². The summed E-state index contributed by atoms with van der Waals surface area (Å²) in [7, 11) is 0. The first kappa shape index (κ1) is 19.8. The van der Waals surface area contributed by atoms with Crippen molar-refractivity contribution in [3.63, 3.8) is 0 Å². The van der Waals surface area contributed by atoms with Gasteiger partial charge < -0.3 is 10.1 Å². The molecule has 1 heterocycles. The Labute approximate surface area is 161 Å². The summed E-state index contributed by atoms with van der Waals surface area (Å²) in [5.41, 5.74) is 2.87. The lowest BCUT2D eigenvalue weighted by molar-refractivity contribution is 0.0182. The minimum atomic E-state index is -0.214. The molecule has 1 aromatic carbocycles. The number of benzene rings is 1. The fourth-order valence-corrected chi connectivity index (χ4v) is 4.01. The van der Waals surface area contributed by atoms with Crippen LogP contribution in [0.4, 0.5) is 0 Å². The number of aromatic amines is 1. The van der Waals surface area contributed by atoms with Gasteiger partial charge in [0.05, 0.1) is 6.10 Å². The Morgan fingerprint density at radius 1 is 1.19 bits per heavy atom. The topological polar surface area (TPSA) is 69.2 Å². The van der Waals surface area contributed by atoms with E-state index in [1.165, 1.54) is 12.0 Å². The van der Waals surface area contributed by atoms with Crippen LogP contribution >= 0.6 is 0 Å². The molecule has 0 radical (unpaired) electrons. The van der Waals surface area contributed by atoms with Crippen molar-refractivity contribution in [2.75, 3.05) is 6.54 Å². The Morgan fingerprint density at radius 3 is 2.59 bits per heavy atom. The molecule has 2 aromatic rings. The summed E-state index contributed by atoms with van der Waals surface area (Å²) in [6.45, 7) is 6.00. The monoisotopic (exact) mass is 369 g/mol. The van der Waals surface area contributed by atoms with Gasteiger partial charge in [0.2, 0.25) is 0 Å². The Kier molecular flexibility index (Phi) is 6.80. The summed E-state index contributed by atoms with van der Waals surface area (Å²) in [6, 6.07) is 10.1. The number of aliphatic hydroxyl groups is 1. The second kappa shape index (κ2) is 9.29. The summed E-state index contributed by atoms with van der Waals surface area (Å²) >= 11 is 0. The number of hydrogen-bond donors (Lipinski definition) is 2. The van der Waals surface area contributed by atoms with E-state index in [9.17, 15) is 9.90 Å². The first-order valence-electron chi connectivity index (χ1n) is 10.2. The van der Waals surface area contributed by atoms with Gasteiger partial charge in [0.25, 0.3) is 5.56 Å². The van der Waals surface area contributed by atoms with Gasteiger partial charge in [0.1, 0.15) is 5.82 Å². The first-order valence-corrected chi connectivity index (χ1v) is 10.2. The molecule has 0 spiro atoms. The molecule has 5 heteroatoms. The van der Waals surface area contributed by atoms with E-state index < -0.39 is 0 Å². The standard InChI is InChI=1S/C22H31N3O2/c1-3-7-18-14-21(27)24-22(23-18)17-12-10-16(11-13-17)15-25(4-2)19-8-5-6-9-20(19)26/h10-14,19-20,26H,3-9,15H2,1-2H3,(H,23,24,27)/t19-,20-/m1/s1. The molecule has 2 N–H and O–H groups in total. The number of H-pyrrole nitrogens is 1. The Hall–Kier alpha value is -1.98. The van der Waals surface area contributed by atoms with Crippen molar-refractivity contribution in [2.24, 2.45) is 0 Å². The maximum Gasteiger partial charge on any atom is 0.251 e. The molecule has 146 valence electrons. The van der Waals surface area contributed by atoms with E-state index in [2.05, 4.69) is 40.8 Å². The van der Waals surface area contributed by atoms with Crippen molar-refractivity contribution in [3.05, 3.63) is 51.9 Å². The third-order valence-corrected chi connectivity index (χ3v) is 5.48. The number of nitrogens with one attached hydrogen (secondary N) is 1. The lowest BCUT2D eigenvalue weighted by Crippen LogP contribution is -2.44. The van der Waals surface area contributed by atoms with E-state index in [0.29, 0.717) is 5.82 Å². The van der Waals surface area contributed by atoms with E-state index in [4.69, 9.17) is 0 Å². The van der Waals surface area contributed by atoms with Gasteiger partial charge in [-0.3, -0.25) is 9.69 Å². The van der Waals surface area contributed by atoms with Crippen molar-refractivity contribution >= 4 is 0 Å². The molecule has 0 unspecified atom stereocenters. The Morgan fingerprint density at radius 2 is 1.93 bits per heavy atom. The number of rotatable bonds is 7. The molecule has 3 rings (SSSR count). The highest BCUT2D eigenvalue weighted by atomic mass is 16.3. The van der Waals surface area contributed by atoms with Gasteiger partial charge in [-0.05, 0) is 31.4 Å². The predicted molar refractivity (Wildman–Crippen MR) is 109 cm³/mol. The van der Waals surface area contributed by atoms with Gasteiger partial charge in [-0.2, -0.15) is 0 Å². The molecule has 5 nitrogen and oxygen atoms in total. The average Bonchev–Trinajstić information content (AvgIpc) is 2.67. The van der Waals surface area contributed by atoms with E-state index >= 15 is 0 Å². The van der Waals surface area contributed by atoms with Crippen LogP contribution in [-0.2, 0) is 13.0 Å². The van der Waals surface area contributed by atoms with Crippen LogP contribution in [0.1, 0.15) is 57.2 Å². The maximum atomic E-state index is 11.9. The number of likely N-dealkylation sites (N-methyl/N-ethyl adjacent to an activating group) is 1. The number of hydrogen-bond acceptors (Lipinski definition) is 4. The molecule has 0 saturated heterocycles. The fourth-order valence-electron chi connectivity index (χ4n) is 4.01. The molecule has 1 aliphatic carbocycles. The van der Waals surface area contributed by atoms with Crippen LogP contribution in [0.5, 0.6) is 0 Å². The Bertz CT molecular complexity index is 785. The molecule has 0 bridgehead atoms. The second-order valence-corrected chi connectivity index (χ2v) is 7.51. The molecule has 2 atom stereocenters. The van der Waals surface area contributed by atoms with Crippen LogP contribution in [0.15, 0.2) is 35.1 Å². The Balaban J connectivity index is 1.74. The molecule has 0 aliphatic heterocycles. The van der Waals surface area contributed by atoms with Gasteiger partial charge >= 0.3 is 0 Å². The lowest BCUT2D eigenvalue weighted by atomic mass is 9.91. The number of aromatic nitrogens is 2. The molecule has 1 fully saturated rings. The van der Waals surface area contributed by atoms with E-state index in [0.717, 1.165) is 56.5 Å². The minimum absolute atomic E-state index is 0.101. The highest BCUT2D eigenvalue weighted by Gasteiger charge is 2.27. The summed E-state index contributed by atoms with van der Waals surface area (Å²) < 4.78 is 0. The molecular formula is C22H31N3O2. The largest absolute Gasteiger partial charge is 0.391 e. The molecular weight excluding hydrogens is 338 g/mol. The van der Waals surface area contributed by atoms with Crippen LogP contribution < -0.4 is 5.56 Å². The van der Waals surface area contributed by atoms with Crippen molar-refractivity contribution in [2.45, 2.75) is 71.1 Å². The maximum absolute atomic E-state index is 11.9. The zero-order valence-electron chi connectivity index (χ0n) is 16.4. The molecule has 1 saturated carbocycles. The van der Waals surface area contributed by atoms with E-state index in [-0.39, 0.29) is 17.7 Å². The third kappa shape index (κ3) is 5.05. The van der Waals surface area contributed by atoms with Gasteiger partial charge in [-0.1, -0.05) is 57.4 Å². The van der Waals surface area contributed by atoms with Crippen LogP contribution in [0, 0.1) is 0 Å². The summed E-state index contributed by atoms with van der Waals surface area (Å²) in [4.78, 5) is 21.7. The number of nitrogens with zero attached hydrogens (tertiary/aromatic N) is 2. The van der Waals surface area contributed by atoms with Crippen molar-refractivity contribution in [3.8, 4) is 11.4 Å². The highest BCUT2D eigenvalue weighted by molar-refractivity contribution is 5.55. The third-order valence-electron chi connectivity index (χ3n) is 5.48. The lowest BCUT2D eigenvalue weighted by Gasteiger charge is -2.37. The number of aryl methyl sites for hydroxylation is 1. The van der Waals surface area contributed by atoms with Crippen LogP contribution in [-0.4, -0.2) is 38.7 Å². The van der Waals surface area contributed by atoms with E-state index in [1.807, 2.05) is 12.1 Å². The van der Waals surface area contributed by atoms with Gasteiger partial charge in [0, 0.05) is 29.9 Å². The summed E-state index contributed by atoms with van der Waals surface area (Å²) in [5.74, 6) is 0.632. The van der Waals surface area contributed by atoms with Crippen LogP contribution in [0.3, 0.4) is 0 Å². The van der Waals surface area contributed by atoms with Crippen molar-refractivity contribution in [1.29, 1.82) is 0 Å². The first-order chi connectivity index (χ1) is 13.1. The normalized spacial score (nSPS) is 20.1. The van der Waals surface area contributed by atoms with Crippen LogP contribution in [0.25, 0.3) is 11.4 Å². The van der Waals surface area contributed by atoms with Crippen LogP contribution in [0.2, 0.25) is 0 Å². The molecule has 1 aliphatic rings. The van der Waals surface area contributed by atoms with Gasteiger partial charge in [-0.15, -0.1) is 0 Å².